The van der Waals surface area contributed by atoms with E-state index >= 15 is 0 Å². The Hall–Kier alpha value is -2.60. The van der Waals surface area contributed by atoms with Gasteiger partial charge in [0, 0.05) is 32.4 Å². The summed E-state index contributed by atoms with van der Waals surface area (Å²) in [6.45, 7) is 0. The van der Waals surface area contributed by atoms with Crippen LogP contribution in [-0.2, 0) is 11.2 Å². The van der Waals surface area contributed by atoms with Crippen LogP contribution in [-0.4, -0.2) is 37.9 Å². The molecule has 0 unspecified atom stereocenters. The number of anilines is 2. The minimum atomic E-state index is -0.276. The summed E-state index contributed by atoms with van der Waals surface area (Å²) >= 11 is 5.97. The molecule has 0 aliphatic carbocycles. The highest BCUT2D eigenvalue weighted by molar-refractivity contribution is 6.30. The number of nitrogens with one attached hydrogen (secondary N) is 2. The van der Waals surface area contributed by atoms with Crippen molar-refractivity contribution in [1.29, 1.82) is 0 Å². The van der Waals surface area contributed by atoms with Crippen LogP contribution < -0.4 is 15.5 Å². The molecule has 7 heteroatoms. The van der Waals surface area contributed by atoms with E-state index in [0.717, 1.165) is 5.56 Å². The van der Waals surface area contributed by atoms with Crippen molar-refractivity contribution in [2.75, 3.05) is 31.4 Å². The number of nitrogens with zero attached hydrogens (tertiary/aromatic N) is 2. The molecule has 1 heterocycles. The quantitative estimate of drug-likeness (QED) is 0.815. The first kappa shape index (κ1) is 17.7. The van der Waals surface area contributed by atoms with Crippen LogP contribution in [0.5, 0.6) is 0 Å². The second-order valence-electron chi connectivity index (χ2n) is 5.43. The zero-order valence-electron chi connectivity index (χ0n) is 13.8. The molecule has 1 aromatic carbocycles. The van der Waals surface area contributed by atoms with Gasteiger partial charge in [0.05, 0.1) is 6.42 Å². The topological polar surface area (TPSA) is 74.3 Å². The number of pyridine rings is 1. The maximum Gasteiger partial charge on any atom is 0.255 e. The van der Waals surface area contributed by atoms with E-state index in [-0.39, 0.29) is 17.0 Å². The average Bonchev–Trinajstić information content (AvgIpc) is 2.55. The molecule has 0 saturated carbocycles. The number of hydrogen-bond acceptors (Lipinski definition) is 4. The molecule has 0 radical (unpaired) electrons. The molecule has 0 aliphatic heterocycles. The second-order valence-corrected chi connectivity index (χ2v) is 5.82. The summed E-state index contributed by atoms with van der Waals surface area (Å²) < 4.78 is 0. The molecule has 0 atom stereocenters. The van der Waals surface area contributed by atoms with Gasteiger partial charge in [-0.1, -0.05) is 23.7 Å². The minimum Gasteiger partial charge on any atom is -0.363 e. The first-order chi connectivity index (χ1) is 11.4. The van der Waals surface area contributed by atoms with Gasteiger partial charge in [0.1, 0.15) is 11.0 Å². The van der Waals surface area contributed by atoms with E-state index in [2.05, 4.69) is 15.6 Å². The number of likely N-dealkylation sites (N-methyl/N-ethyl adjacent to an activating group) is 1. The van der Waals surface area contributed by atoms with E-state index in [4.69, 9.17) is 11.6 Å². The number of aromatic nitrogens is 1. The molecule has 2 amide bonds. The van der Waals surface area contributed by atoms with E-state index in [9.17, 15) is 9.59 Å². The Morgan fingerprint density at radius 2 is 1.83 bits per heavy atom. The monoisotopic (exact) mass is 346 g/mol. The van der Waals surface area contributed by atoms with Crippen LogP contribution in [0.15, 0.2) is 36.4 Å². The van der Waals surface area contributed by atoms with Crippen molar-refractivity contribution in [1.82, 2.24) is 10.3 Å². The van der Waals surface area contributed by atoms with E-state index in [1.165, 1.54) is 6.07 Å². The summed E-state index contributed by atoms with van der Waals surface area (Å²) in [5.74, 6) is 0.268. The summed E-state index contributed by atoms with van der Waals surface area (Å²) in [6.07, 6.45) is 0.302. The Bertz CT molecular complexity index is 745. The van der Waals surface area contributed by atoms with Gasteiger partial charge < -0.3 is 15.5 Å². The Morgan fingerprint density at radius 3 is 2.42 bits per heavy atom. The fraction of sp³-hybridized carbons (Fsp3) is 0.235. The van der Waals surface area contributed by atoms with Crippen LogP contribution in [0.25, 0.3) is 0 Å². The molecule has 126 valence electrons. The minimum absolute atomic E-state index is 0.0607. The van der Waals surface area contributed by atoms with Gasteiger partial charge in [-0.15, -0.1) is 0 Å². The van der Waals surface area contributed by atoms with Crippen molar-refractivity contribution in [2.45, 2.75) is 6.42 Å². The predicted molar refractivity (Wildman–Crippen MR) is 95.7 cm³/mol. The van der Waals surface area contributed by atoms with E-state index < -0.39 is 0 Å². The fourth-order valence-electron chi connectivity index (χ4n) is 2.03. The number of carbonyl (C=O) groups excluding carboxylic acids is 2. The number of amides is 2. The van der Waals surface area contributed by atoms with E-state index in [0.29, 0.717) is 23.5 Å². The Labute approximate surface area is 145 Å². The van der Waals surface area contributed by atoms with Gasteiger partial charge in [-0.25, -0.2) is 4.98 Å². The normalized spacial score (nSPS) is 10.2. The molecule has 2 N–H and O–H groups in total. The summed E-state index contributed by atoms with van der Waals surface area (Å²) in [5, 5.41) is 5.63. The number of benzene rings is 1. The summed E-state index contributed by atoms with van der Waals surface area (Å²) in [6, 6.07) is 10.3. The van der Waals surface area contributed by atoms with Gasteiger partial charge in [0.25, 0.3) is 5.91 Å². The van der Waals surface area contributed by atoms with Crippen molar-refractivity contribution in [3.8, 4) is 0 Å². The third-order valence-corrected chi connectivity index (χ3v) is 3.55. The maximum atomic E-state index is 12.4. The summed E-state index contributed by atoms with van der Waals surface area (Å²) in [5.41, 5.74) is 1.93. The Morgan fingerprint density at radius 1 is 1.17 bits per heavy atom. The molecule has 0 spiro atoms. The van der Waals surface area contributed by atoms with Gasteiger partial charge in [0.15, 0.2) is 0 Å². The van der Waals surface area contributed by atoms with Crippen LogP contribution in [0.1, 0.15) is 15.9 Å². The highest BCUT2D eigenvalue weighted by Crippen LogP contribution is 2.18. The number of rotatable bonds is 5. The van der Waals surface area contributed by atoms with Gasteiger partial charge in [0.2, 0.25) is 5.91 Å². The molecule has 24 heavy (non-hydrogen) atoms. The van der Waals surface area contributed by atoms with Crippen molar-refractivity contribution < 1.29 is 9.59 Å². The molecule has 2 rings (SSSR count). The Balaban J connectivity index is 2.11. The van der Waals surface area contributed by atoms with Crippen molar-refractivity contribution in [2.24, 2.45) is 0 Å². The second kappa shape index (κ2) is 7.79. The standard InChI is InChI=1S/C17H19ClN4O2/c1-19-16(23)8-11-4-6-13(7-5-11)20-17(24)12-9-14(18)21-15(10-12)22(2)3/h4-7,9-10H,8H2,1-3H3,(H,19,23)(H,20,24). The van der Waals surface area contributed by atoms with E-state index in [1.54, 1.807) is 42.3 Å². The van der Waals surface area contributed by atoms with Crippen LogP contribution >= 0.6 is 11.6 Å². The number of carbonyl (C=O) groups is 2. The van der Waals surface area contributed by atoms with Gasteiger partial charge >= 0.3 is 0 Å². The molecule has 0 saturated heterocycles. The molecule has 0 bridgehead atoms. The highest BCUT2D eigenvalue weighted by Gasteiger charge is 2.11. The number of hydrogen-bond donors (Lipinski definition) is 2. The van der Waals surface area contributed by atoms with Crippen molar-refractivity contribution in [3.05, 3.63) is 52.7 Å². The average molecular weight is 347 g/mol. The SMILES string of the molecule is CNC(=O)Cc1ccc(NC(=O)c2cc(Cl)nc(N(C)C)c2)cc1. The third-order valence-electron chi connectivity index (χ3n) is 3.36. The molecule has 6 nitrogen and oxygen atoms in total. The zero-order chi connectivity index (χ0) is 17.7. The molecule has 2 aromatic rings. The van der Waals surface area contributed by atoms with Crippen LogP contribution in [0, 0.1) is 0 Å². The third kappa shape index (κ3) is 4.70. The maximum absolute atomic E-state index is 12.4. The lowest BCUT2D eigenvalue weighted by atomic mass is 10.1. The van der Waals surface area contributed by atoms with E-state index in [1.807, 2.05) is 14.1 Å². The first-order valence-electron chi connectivity index (χ1n) is 7.35. The fourth-order valence-corrected chi connectivity index (χ4v) is 2.23. The molecule has 1 aromatic heterocycles. The van der Waals surface area contributed by atoms with Crippen LogP contribution in [0.4, 0.5) is 11.5 Å². The zero-order valence-corrected chi connectivity index (χ0v) is 14.5. The van der Waals surface area contributed by atoms with Crippen LogP contribution in [0.2, 0.25) is 5.15 Å². The molecular formula is C17H19ClN4O2. The lowest BCUT2D eigenvalue weighted by Crippen LogP contribution is -2.19. The first-order valence-corrected chi connectivity index (χ1v) is 7.72. The largest absolute Gasteiger partial charge is 0.363 e. The molecule has 0 aliphatic rings. The summed E-state index contributed by atoms with van der Waals surface area (Å²) in [7, 11) is 5.25. The predicted octanol–water partition coefficient (Wildman–Crippen LogP) is 2.34. The molecule has 0 fully saturated rings. The lowest BCUT2D eigenvalue weighted by Gasteiger charge is -2.13. The number of halogens is 1. The van der Waals surface area contributed by atoms with Crippen LogP contribution in [0.3, 0.4) is 0 Å². The lowest BCUT2D eigenvalue weighted by molar-refractivity contribution is -0.119. The Kier molecular flexibility index (Phi) is 5.76. The van der Waals surface area contributed by atoms with Gasteiger partial charge in [-0.05, 0) is 29.8 Å². The summed E-state index contributed by atoms with van der Waals surface area (Å²) in [4.78, 5) is 29.6. The smallest absolute Gasteiger partial charge is 0.255 e. The van der Waals surface area contributed by atoms with Gasteiger partial charge in [-0.3, -0.25) is 9.59 Å². The van der Waals surface area contributed by atoms with Gasteiger partial charge in [-0.2, -0.15) is 0 Å². The van der Waals surface area contributed by atoms with Crippen molar-refractivity contribution >= 4 is 34.9 Å². The highest BCUT2D eigenvalue weighted by atomic mass is 35.5. The molecular weight excluding hydrogens is 328 g/mol. The van der Waals surface area contributed by atoms with Crippen molar-refractivity contribution in [3.63, 3.8) is 0 Å².